The van der Waals surface area contributed by atoms with E-state index in [0.29, 0.717) is 46.8 Å². The van der Waals surface area contributed by atoms with E-state index in [1.54, 1.807) is 68.9 Å². The lowest BCUT2D eigenvalue weighted by Crippen LogP contribution is -2.40. The third-order valence-electron chi connectivity index (χ3n) is 28.7. The SMILES string of the molecule is CC(=O)N1CCc2c([nH]c3ccc(Br)cc23)C1c1ccc(Br)cc1.CC(=O)N1CCc2c([nH]c3ccc(Br)cc23)C1c1ccc(C)cc1.CCOC(=O)N1CCc2c([nH]c3ccc(Cl)cc23)C1c1ccc(O)cc1.COC(=O)N1CCc2c([nH]c3ccc(Cl)cc23)C1c1ccc2c(c1)OCO2.COc1ccc(C2c3[nH]c4ccc(Br)cc4c3CCN2C(C)=O)cc1.Fc1cccc(C2NCCc3c2[nH]c2ccc(Br)cc32)c1F. The fourth-order valence-electron chi connectivity index (χ4n) is 21.9. The third-order valence-corrected chi connectivity index (χ3v) is 31.7. The van der Waals surface area contributed by atoms with Gasteiger partial charge in [0.05, 0.1) is 45.0 Å². The molecule has 7 aliphatic heterocycles. The van der Waals surface area contributed by atoms with E-state index in [0.717, 1.165) is 210 Å². The van der Waals surface area contributed by atoms with E-state index < -0.39 is 11.6 Å². The molecule has 12 aromatic carbocycles. The monoisotopic (exact) mass is 2340 g/mol. The molecular formula is C116H103Br5Cl2F2N12O11. The molecule has 0 spiro atoms. The average molecular weight is 2350 g/mol. The number of H-pyrrole nitrogens is 6. The van der Waals surface area contributed by atoms with Crippen LogP contribution in [0.3, 0.4) is 0 Å². The number of nitrogens with one attached hydrogen (secondary N) is 7. The van der Waals surface area contributed by atoms with Crippen molar-refractivity contribution in [2.24, 2.45) is 0 Å². The van der Waals surface area contributed by atoms with E-state index in [9.17, 15) is 37.9 Å². The molecule has 18 aromatic rings. The Hall–Kier alpha value is -13.2. The molecule has 23 nitrogen and oxygen atoms in total. The number of aromatic amines is 6. The summed E-state index contributed by atoms with van der Waals surface area (Å²) < 4.78 is 59.5. The van der Waals surface area contributed by atoms with Gasteiger partial charge in [-0.2, -0.15) is 0 Å². The van der Waals surface area contributed by atoms with Crippen molar-refractivity contribution in [3.05, 3.63) is 393 Å². The molecule has 148 heavy (non-hydrogen) atoms. The maximum Gasteiger partial charge on any atom is 0.410 e. The van der Waals surface area contributed by atoms with Crippen LogP contribution in [0.15, 0.2) is 265 Å². The molecule has 0 saturated heterocycles. The van der Waals surface area contributed by atoms with Crippen LogP contribution in [0.4, 0.5) is 18.4 Å². The molecule has 0 fully saturated rings. The van der Waals surface area contributed by atoms with Gasteiger partial charge in [-0.3, -0.25) is 24.2 Å². The van der Waals surface area contributed by atoms with Crippen molar-refractivity contribution in [2.45, 2.75) is 109 Å². The van der Waals surface area contributed by atoms with Crippen LogP contribution in [0.2, 0.25) is 10.0 Å². The Bertz CT molecular complexity index is 8000. The molecule has 0 radical (unpaired) electrons. The molecule has 25 rings (SSSR count). The number of amides is 5. The molecule has 0 bridgehead atoms. The Morgan fingerprint density at radius 1 is 0.392 bits per heavy atom. The number of nitrogens with zero attached hydrogens (tertiary/aromatic N) is 5. The summed E-state index contributed by atoms with van der Waals surface area (Å²) in [6.07, 6.45) is 4.23. The summed E-state index contributed by atoms with van der Waals surface area (Å²) in [5, 5.41) is 21.3. The van der Waals surface area contributed by atoms with Crippen LogP contribution in [0, 0.1) is 18.6 Å². The predicted molar refractivity (Wildman–Crippen MR) is 592 cm³/mol. The van der Waals surface area contributed by atoms with Crippen LogP contribution in [-0.2, 0) is 62.4 Å². The molecule has 7 aliphatic rings. The van der Waals surface area contributed by atoms with E-state index in [4.69, 9.17) is 46.9 Å². The van der Waals surface area contributed by atoms with Gasteiger partial charge >= 0.3 is 12.2 Å². The molecule has 0 aliphatic carbocycles. The topological polar surface area (TPSA) is 275 Å². The zero-order valence-corrected chi connectivity index (χ0v) is 91.1. The second kappa shape index (κ2) is 43.6. The number of phenols is 1. The minimum atomic E-state index is -0.815. The van der Waals surface area contributed by atoms with Crippen LogP contribution >= 0.6 is 103 Å². The van der Waals surface area contributed by atoms with Gasteiger partial charge in [-0.25, -0.2) is 18.4 Å². The first-order valence-electron chi connectivity index (χ1n) is 48.8. The number of carbonyl (C=O) groups excluding carboxylic acids is 5. The zero-order valence-electron chi connectivity index (χ0n) is 81.6. The lowest BCUT2D eigenvalue weighted by Gasteiger charge is -2.35. The first-order chi connectivity index (χ1) is 71.5. The number of carbonyl (C=O) groups is 5. The minimum absolute atomic E-state index is 0.0435. The normalized spacial score (nSPS) is 17.2. The highest BCUT2D eigenvalue weighted by Gasteiger charge is 2.42. The molecule has 32 heteroatoms. The Balaban J connectivity index is 0.000000108. The maximum absolute atomic E-state index is 14.2. The van der Waals surface area contributed by atoms with Gasteiger partial charge in [0.1, 0.15) is 23.6 Å². The van der Waals surface area contributed by atoms with Crippen molar-refractivity contribution in [2.75, 3.05) is 66.9 Å². The number of ether oxygens (including phenoxy) is 5. The second-order valence-electron chi connectivity index (χ2n) is 37.4. The lowest BCUT2D eigenvalue weighted by molar-refractivity contribution is -0.131. The number of aromatic hydroxyl groups is 1. The largest absolute Gasteiger partial charge is 0.508 e. The quantitative estimate of drug-likeness (QED) is 0.0705. The first-order valence-corrected chi connectivity index (χ1v) is 53.5. The van der Waals surface area contributed by atoms with Crippen molar-refractivity contribution in [3.8, 4) is 23.0 Å². The van der Waals surface area contributed by atoms with Crippen molar-refractivity contribution >= 4 is 198 Å². The number of aromatic nitrogens is 6. The standard InChI is InChI=1S/C20H19BrN2O2.C20H19BrN2O.C20H17ClN2O4.C20H19ClN2O3.C19H16Br2N2O.C17H13BrF2N2/c1-12(24)23-10-9-16-17-11-14(21)5-8-18(17)22-19(16)20(23)13-3-6-15(25-2)7-4-13;1-12-3-5-14(6-4-12)20-19-16(9-10-23(20)13(2)24)17-11-15(21)7-8-18(17)22-19;1-25-20(24)23-7-6-13-14-9-12(21)3-4-15(14)22-18(13)19(23)11-2-5-16-17(8-11)27-10-26-16;1-2-26-20(25)23-10-9-15-16-11-13(21)5-8-17(16)22-18(15)19(23)12-3-6-14(24)7-4-12;1-11(24)23-9-8-15-16-10-14(21)6-7-17(16)22-18(15)19(23)12-2-4-13(20)5-3-12;18-9-4-5-14-12(8-9)10-6-7-21-16(17(10)22-14)11-2-1-3-13(19)15(11)20/h3-8,11,20,22H,9-10H2,1-2H3;3-8,11,20,22H,9-10H2,1-2H3;2-5,8-9,19,22H,6-7,10H2,1H3;3-8,11,19,22,24H,2,9-10H2,1H3;2-7,10,19,22H,8-9H2,1H3;1-5,8,16,21-22H,6-7H2. The smallest absolute Gasteiger partial charge is 0.410 e. The van der Waals surface area contributed by atoms with Crippen molar-refractivity contribution in [3.63, 3.8) is 0 Å². The molecule has 5 amide bonds. The van der Waals surface area contributed by atoms with Gasteiger partial charge < -0.3 is 78.7 Å². The second-order valence-corrected chi connectivity index (χ2v) is 42.9. The highest BCUT2D eigenvalue weighted by Crippen LogP contribution is 2.49. The van der Waals surface area contributed by atoms with Crippen LogP contribution in [-0.4, -0.2) is 156 Å². The van der Waals surface area contributed by atoms with Crippen molar-refractivity contribution < 1.29 is 61.5 Å². The molecule has 6 aromatic heterocycles. The number of hydrogen-bond donors (Lipinski definition) is 8. The highest BCUT2D eigenvalue weighted by molar-refractivity contribution is 9.11. The van der Waals surface area contributed by atoms with Gasteiger partial charge in [0, 0.05) is 198 Å². The number of fused-ring (bicyclic) bond motifs is 19. The van der Waals surface area contributed by atoms with Crippen LogP contribution in [0.5, 0.6) is 23.0 Å². The Morgan fingerprint density at radius 2 is 0.736 bits per heavy atom. The summed E-state index contributed by atoms with van der Waals surface area (Å²) >= 11 is 30.1. The van der Waals surface area contributed by atoms with Crippen molar-refractivity contribution in [1.82, 2.24) is 59.7 Å². The van der Waals surface area contributed by atoms with E-state index in [2.05, 4.69) is 201 Å². The Morgan fingerprint density at radius 3 is 1.15 bits per heavy atom. The van der Waals surface area contributed by atoms with Crippen molar-refractivity contribution in [1.29, 1.82) is 0 Å². The molecule has 6 unspecified atom stereocenters. The zero-order chi connectivity index (χ0) is 103. The summed E-state index contributed by atoms with van der Waals surface area (Å²) in [5.41, 5.74) is 26.9. The number of methoxy groups -OCH3 is 2. The summed E-state index contributed by atoms with van der Waals surface area (Å²) in [7, 11) is 3.06. The average Bonchev–Trinajstić information content (AvgIpc) is 1.71. The summed E-state index contributed by atoms with van der Waals surface area (Å²) in [5.74, 6) is 1.11. The number of halogens is 9. The number of aryl methyl sites for hydroxylation is 1. The van der Waals surface area contributed by atoms with E-state index >= 15 is 0 Å². The van der Waals surface area contributed by atoms with Gasteiger partial charge in [0.25, 0.3) is 0 Å². The van der Waals surface area contributed by atoms with E-state index in [1.165, 1.54) is 62.2 Å². The van der Waals surface area contributed by atoms with Gasteiger partial charge in [-0.1, -0.05) is 187 Å². The minimum Gasteiger partial charge on any atom is -0.508 e. The summed E-state index contributed by atoms with van der Waals surface area (Å²) in [6.45, 7) is 13.4. The van der Waals surface area contributed by atoms with Crippen LogP contribution in [0.1, 0.15) is 170 Å². The van der Waals surface area contributed by atoms with E-state index in [-0.39, 0.29) is 78.7 Å². The fraction of sp³-hybridized carbons (Fsp3) is 0.233. The molecular weight excluding hydrogens is 2250 g/mol. The van der Waals surface area contributed by atoms with Crippen LogP contribution < -0.4 is 19.5 Å². The Labute approximate surface area is 904 Å². The first kappa shape index (κ1) is 102. The predicted octanol–water partition coefficient (Wildman–Crippen LogP) is 27.7. The molecule has 8 N–H and O–H groups in total. The van der Waals surface area contributed by atoms with Gasteiger partial charge in [-0.05, 0) is 277 Å². The van der Waals surface area contributed by atoms with Gasteiger partial charge in [0.2, 0.25) is 24.5 Å². The van der Waals surface area contributed by atoms with Gasteiger partial charge in [-0.15, -0.1) is 0 Å². The Kier molecular flexibility index (Phi) is 30.0. The third kappa shape index (κ3) is 20.5. The lowest BCUT2D eigenvalue weighted by atomic mass is 9.92. The summed E-state index contributed by atoms with van der Waals surface area (Å²) in [4.78, 5) is 92.1. The highest BCUT2D eigenvalue weighted by atomic mass is 79.9. The van der Waals surface area contributed by atoms with Gasteiger partial charge in [0.15, 0.2) is 23.1 Å². The van der Waals surface area contributed by atoms with Crippen LogP contribution in [0.25, 0.3) is 65.4 Å². The molecule has 6 atom stereocenters. The molecule has 756 valence electrons. The number of hydrogen-bond acceptors (Lipinski definition) is 12. The number of benzene rings is 12. The molecule has 13 heterocycles. The number of rotatable bonds is 8. The van der Waals surface area contributed by atoms with E-state index in [1.807, 2.05) is 148 Å². The summed E-state index contributed by atoms with van der Waals surface area (Å²) in [6, 6.07) is 77.0. The number of phenolic OH excluding ortho intramolecular Hbond substituents is 1. The molecule has 0 saturated carbocycles. The maximum atomic E-state index is 14.2. The fourth-order valence-corrected chi connectivity index (χ4v) is 24.0.